The largest absolute Gasteiger partial charge is 0.481 e. The maximum atomic E-state index is 14.6. The second kappa shape index (κ2) is 32.2. The first-order chi connectivity index (χ1) is 36.0. The van der Waals surface area contributed by atoms with Gasteiger partial charge in [0.05, 0.1) is 12.5 Å². The van der Waals surface area contributed by atoms with Crippen LogP contribution in [0.2, 0.25) is 0 Å². The molecule has 2 aliphatic rings. The lowest BCUT2D eigenvalue weighted by molar-refractivity contribution is -0.142. The third-order valence-electron chi connectivity index (χ3n) is 11.8. The van der Waals surface area contributed by atoms with Crippen molar-refractivity contribution in [2.24, 2.45) is 28.7 Å². The summed E-state index contributed by atoms with van der Waals surface area (Å²) in [6.45, 7) is 1.42. The summed E-state index contributed by atoms with van der Waals surface area (Å²) in [5, 5.41) is 23.0. The van der Waals surface area contributed by atoms with E-state index in [-0.39, 0.29) is 43.7 Å². The Morgan fingerprint density at radius 1 is 0.724 bits per heavy atom. The van der Waals surface area contributed by atoms with E-state index < -0.39 is 139 Å². The van der Waals surface area contributed by atoms with Crippen molar-refractivity contribution < 1.29 is 62.6 Å². The fourth-order valence-corrected chi connectivity index (χ4v) is 10.1. The van der Waals surface area contributed by atoms with Crippen molar-refractivity contribution in [2.45, 2.75) is 119 Å². The Morgan fingerprint density at radius 3 is 1.75 bits per heavy atom. The van der Waals surface area contributed by atoms with E-state index in [1.807, 2.05) is 0 Å². The van der Waals surface area contributed by atoms with Gasteiger partial charge in [-0.15, -0.1) is 0 Å². The maximum Gasteiger partial charge on any atom is 0.321 e. The highest BCUT2D eigenvalue weighted by atomic mass is 33.1. The molecule has 2 heterocycles. The Balaban J connectivity index is 0.00000366. The number of carbonyl (C=O) groups excluding carboxylic acids is 11. The van der Waals surface area contributed by atoms with Crippen LogP contribution in [0, 0.1) is 0 Å². The molecule has 8 atom stereocenters. The fraction of sp³-hybridized carbons (Fsp3) is 0.500. The summed E-state index contributed by atoms with van der Waals surface area (Å²) < 4.78 is 0. The van der Waals surface area contributed by atoms with E-state index in [2.05, 4.69) is 31.9 Å². The molecule has 2 aromatic rings. The van der Waals surface area contributed by atoms with Gasteiger partial charge in [-0.05, 0) is 56.2 Å². The molecule has 0 aliphatic carbocycles. The quantitative estimate of drug-likeness (QED) is 0.0555. The Bertz CT molecular complexity index is 2370. The normalized spacial score (nSPS) is 22.3. The minimum Gasteiger partial charge on any atom is -0.481 e. The Hall–Kier alpha value is -7.30. The van der Waals surface area contributed by atoms with Crippen LogP contribution in [0.5, 0.6) is 0 Å². The molecule has 0 bridgehead atoms. The summed E-state index contributed by atoms with van der Waals surface area (Å²) in [5.41, 5.74) is 29.6. The van der Waals surface area contributed by atoms with Crippen molar-refractivity contribution in [3.63, 3.8) is 0 Å². The summed E-state index contributed by atoms with van der Waals surface area (Å²) in [5.74, 6) is -9.86. The smallest absolute Gasteiger partial charge is 0.321 e. The number of hydrogen-bond donors (Lipinski definition) is 12. The van der Waals surface area contributed by atoms with Crippen LogP contribution < -0.4 is 60.6 Å². The number of imide groups is 1. The van der Waals surface area contributed by atoms with Crippen LogP contribution in [-0.2, 0) is 65.6 Å². The number of carboxylic acids is 1. The lowest BCUT2D eigenvalue weighted by atomic mass is 10.0. The van der Waals surface area contributed by atoms with Gasteiger partial charge in [0.25, 0.3) is 11.9 Å². The number of likely N-dealkylation sites (tertiary alicyclic amines) is 1. The first-order valence-electron chi connectivity index (χ1n) is 24.3. The van der Waals surface area contributed by atoms with E-state index in [0.29, 0.717) is 41.8 Å². The minimum atomic E-state index is -1.77. The van der Waals surface area contributed by atoms with E-state index in [9.17, 15) is 52.7 Å². The molecule has 28 heteroatoms. The summed E-state index contributed by atoms with van der Waals surface area (Å²) in [7, 11) is 3.22. The van der Waals surface area contributed by atoms with Gasteiger partial charge in [-0.2, -0.15) is 0 Å². The van der Waals surface area contributed by atoms with E-state index >= 15 is 0 Å². The standard InChI is InChI=1S/C46H65N13O11S2.C2H4O2/c1-58(46(51)70)44(68)30(15-8-9-19-47)53-43(67)35-16-10-20-59(35)45(69)34-25-72-71-24-28(48)38(62)54-31(21-26-11-4-2-5-12-26)41(65)55-32(22-27-13-6-3-7-14-27)40(64)52-29(17-18-36(49)60)39(63)56-33(23-37(50)61)42(66)57-34;1-2(3)4/h2-7,11-14,28-35H,8-10,15-25,47-48H2,1H3,(H2,49,60)(H2,50,61)(H2,51,70)(H,52,64)(H,53,67)(H,54,62)(H,55,65)(H,56,63)(H,57,66);1H3,(H,3,4)/t28-,29-,30-,31-,32+,33-,34-,35+;/m1./s1. The highest BCUT2D eigenvalue weighted by Crippen LogP contribution is 2.26. The van der Waals surface area contributed by atoms with Gasteiger partial charge in [0.2, 0.25) is 53.2 Å². The molecule has 12 amide bonds. The highest BCUT2D eigenvalue weighted by molar-refractivity contribution is 8.76. The third kappa shape index (κ3) is 21.5. The molecule has 2 aromatic carbocycles. The average Bonchev–Trinajstić information content (AvgIpc) is 3.87. The van der Waals surface area contributed by atoms with Crippen LogP contribution in [0.15, 0.2) is 60.7 Å². The molecule has 2 fully saturated rings. The number of rotatable bonds is 17. The zero-order valence-electron chi connectivity index (χ0n) is 42.2. The highest BCUT2D eigenvalue weighted by Gasteiger charge is 2.41. The fourth-order valence-electron chi connectivity index (χ4n) is 7.80. The number of nitrogens with zero attached hydrogens (tertiary/aromatic N) is 2. The maximum absolute atomic E-state index is 14.6. The summed E-state index contributed by atoms with van der Waals surface area (Å²) in [6.07, 6.45) is -0.289. The number of urea groups is 1. The van der Waals surface area contributed by atoms with Gasteiger partial charge in [-0.1, -0.05) is 82.3 Å². The molecule has 0 spiro atoms. The number of unbranched alkanes of at least 4 members (excludes halogenated alkanes) is 1. The summed E-state index contributed by atoms with van der Waals surface area (Å²) >= 11 is 0. The molecular weight excluding hydrogens is 1030 g/mol. The molecule has 416 valence electrons. The molecule has 76 heavy (non-hydrogen) atoms. The van der Waals surface area contributed by atoms with E-state index in [0.717, 1.165) is 35.6 Å². The lowest BCUT2D eigenvalue weighted by Crippen LogP contribution is -2.61. The topological polar surface area (TPSA) is 434 Å². The predicted octanol–water partition coefficient (Wildman–Crippen LogP) is -3.01. The van der Waals surface area contributed by atoms with Gasteiger partial charge in [0, 0.05) is 51.3 Å². The first kappa shape index (κ1) is 63.0. The van der Waals surface area contributed by atoms with Crippen LogP contribution in [-0.4, -0.2) is 166 Å². The number of carbonyl (C=O) groups is 12. The lowest BCUT2D eigenvalue weighted by Gasteiger charge is -2.31. The number of nitrogens with two attached hydrogens (primary N) is 5. The van der Waals surface area contributed by atoms with Gasteiger partial charge in [-0.25, -0.2) is 4.79 Å². The Labute approximate surface area is 447 Å². The molecular formula is C48H69N13O13S2. The zero-order chi connectivity index (χ0) is 56.5. The molecule has 26 nitrogen and oxygen atoms in total. The number of hydrogen-bond acceptors (Lipinski definition) is 16. The number of likely N-dealkylation sites (N-methyl/N-ethyl adjacent to an activating group) is 1. The number of carboxylic acid groups (broad SMARTS) is 1. The van der Waals surface area contributed by atoms with Crippen molar-refractivity contribution in [3.8, 4) is 0 Å². The van der Waals surface area contributed by atoms with Crippen molar-refractivity contribution >= 4 is 92.7 Å². The summed E-state index contributed by atoms with van der Waals surface area (Å²) in [6, 6.07) is 5.16. The van der Waals surface area contributed by atoms with E-state index in [1.54, 1.807) is 60.7 Å². The molecule has 0 unspecified atom stereocenters. The summed E-state index contributed by atoms with van der Waals surface area (Å²) in [4.78, 5) is 159. The number of amides is 12. The van der Waals surface area contributed by atoms with E-state index in [4.69, 9.17) is 38.6 Å². The van der Waals surface area contributed by atoms with Crippen LogP contribution in [0.3, 0.4) is 0 Å². The second-order valence-corrected chi connectivity index (χ2v) is 20.4. The third-order valence-corrected chi connectivity index (χ3v) is 14.2. The monoisotopic (exact) mass is 1100 g/mol. The molecule has 17 N–H and O–H groups in total. The predicted molar refractivity (Wildman–Crippen MR) is 280 cm³/mol. The zero-order valence-corrected chi connectivity index (χ0v) is 43.9. The number of aliphatic carboxylic acids is 1. The van der Waals surface area contributed by atoms with Crippen molar-refractivity contribution in [1.29, 1.82) is 0 Å². The minimum absolute atomic E-state index is 0.0216. The molecule has 0 saturated carbocycles. The van der Waals surface area contributed by atoms with Crippen molar-refractivity contribution in [1.82, 2.24) is 41.7 Å². The van der Waals surface area contributed by atoms with Gasteiger partial charge in [-0.3, -0.25) is 57.6 Å². The molecule has 4 rings (SSSR count). The van der Waals surface area contributed by atoms with Crippen molar-refractivity contribution in [2.75, 3.05) is 31.6 Å². The van der Waals surface area contributed by atoms with Crippen molar-refractivity contribution in [3.05, 3.63) is 71.8 Å². The second-order valence-electron chi connectivity index (χ2n) is 17.8. The molecule has 0 radical (unpaired) electrons. The van der Waals surface area contributed by atoms with E-state index in [1.165, 1.54) is 4.90 Å². The van der Waals surface area contributed by atoms with Crippen LogP contribution in [0.4, 0.5) is 4.79 Å². The van der Waals surface area contributed by atoms with Crippen LogP contribution in [0.1, 0.15) is 69.4 Å². The molecule has 2 aliphatic heterocycles. The first-order valence-corrected chi connectivity index (χ1v) is 26.7. The van der Waals surface area contributed by atoms with Gasteiger partial charge < -0.3 is 70.6 Å². The van der Waals surface area contributed by atoms with Crippen LogP contribution in [0.25, 0.3) is 0 Å². The Morgan fingerprint density at radius 2 is 1.22 bits per heavy atom. The number of benzene rings is 2. The number of nitrogens with one attached hydrogen (secondary N) is 6. The van der Waals surface area contributed by atoms with Gasteiger partial charge >= 0.3 is 6.03 Å². The number of primary amides is 3. The Kier molecular flexibility index (Phi) is 26.7. The molecule has 2 saturated heterocycles. The SMILES string of the molecule is CC(=O)O.CN(C(N)=O)C(=O)[C@@H](CCCCN)NC(=O)[C@@H]1CCCN1C(=O)[C@H]1CSSC[C@@H](N)C(=O)N[C@H](Cc2ccccc2)C(=O)N[C@@H](Cc2ccccc2)C(=O)N[C@H](CCC(N)=O)C(=O)N[C@H](CC(N)=O)C(=O)N1. The van der Waals surface area contributed by atoms with Gasteiger partial charge in [0.1, 0.15) is 42.3 Å². The average molecular weight is 1100 g/mol. The molecule has 0 aromatic heterocycles. The van der Waals surface area contributed by atoms with Crippen LogP contribution >= 0.6 is 21.6 Å². The van der Waals surface area contributed by atoms with Gasteiger partial charge in [0.15, 0.2) is 0 Å².